The molecule has 3 aromatic rings. The van der Waals surface area contributed by atoms with Gasteiger partial charge in [-0.3, -0.25) is 0 Å². The van der Waals surface area contributed by atoms with Crippen LogP contribution >= 0.6 is 0 Å². The van der Waals surface area contributed by atoms with Gasteiger partial charge in [-0.15, -0.1) is 0 Å². The Morgan fingerprint density at radius 2 is 1.59 bits per heavy atom. The molecule has 1 heterocycles. The number of nitrogens with one attached hydrogen (secondary N) is 2. The third-order valence-electron chi connectivity index (χ3n) is 6.81. The fraction of sp³-hybridized carbons (Fsp3) is 0.387. The van der Waals surface area contributed by atoms with Crippen molar-refractivity contribution in [2.45, 2.75) is 39.5 Å². The fourth-order valence-corrected chi connectivity index (χ4v) is 5.09. The Kier molecular flexibility index (Phi) is 7.79. The van der Waals surface area contributed by atoms with Crippen molar-refractivity contribution >= 4 is 28.8 Å². The van der Waals surface area contributed by atoms with E-state index >= 15 is 0 Å². The van der Waals surface area contributed by atoms with E-state index < -0.39 is 0 Å². The summed E-state index contributed by atoms with van der Waals surface area (Å²) in [6.45, 7) is 11.4. The third kappa shape index (κ3) is 6.63. The Balaban J connectivity index is 1.42. The fourth-order valence-electron chi connectivity index (χ4n) is 5.09. The van der Waals surface area contributed by atoms with Crippen molar-refractivity contribution in [3.05, 3.63) is 78.4 Å². The number of anilines is 4. The second-order valence-corrected chi connectivity index (χ2v) is 11.6. The van der Waals surface area contributed by atoms with Crippen LogP contribution in [0.25, 0.3) is 0 Å². The summed E-state index contributed by atoms with van der Waals surface area (Å²) in [6, 6.07) is 23.8. The molecular formula is C31H40N4O2. The van der Waals surface area contributed by atoms with Crippen LogP contribution in [0.3, 0.4) is 0 Å². The van der Waals surface area contributed by atoms with Gasteiger partial charge in [0.05, 0.1) is 18.0 Å². The largest absolute Gasteiger partial charge is 0.493 e. The van der Waals surface area contributed by atoms with E-state index in [9.17, 15) is 4.79 Å². The number of benzene rings is 3. The molecule has 0 saturated carbocycles. The van der Waals surface area contributed by atoms with Crippen LogP contribution < -0.4 is 20.3 Å². The second-order valence-electron chi connectivity index (χ2n) is 11.6. The average molecular weight is 501 g/mol. The molecule has 2 N–H and O–H groups in total. The molecule has 3 aromatic carbocycles. The van der Waals surface area contributed by atoms with Gasteiger partial charge in [0, 0.05) is 29.9 Å². The van der Waals surface area contributed by atoms with Crippen molar-refractivity contribution < 1.29 is 9.53 Å². The smallest absolute Gasteiger partial charge is 0.323 e. The Morgan fingerprint density at radius 1 is 0.946 bits per heavy atom. The number of fused-ring (bicyclic) bond motifs is 1. The molecule has 196 valence electrons. The quantitative estimate of drug-likeness (QED) is 0.346. The number of hydrogen-bond acceptors (Lipinski definition) is 4. The topological polar surface area (TPSA) is 56.8 Å². The van der Waals surface area contributed by atoms with E-state index in [1.165, 1.54) is 11.3 Å². The van der Waals surface area contributed by atoms with Crippen LogP contribution in [0.2, 0.25) is 0 Å². The maximum Gasteiger partial charge on any atom is 0.323 e. The minimum absolute atomic E-state index is 0.0400. The van der Waals surface area contributed by atoms with E-state index in [1.807, 2.05) is 42.5 Å². The number of carbonyl (C=O) groups is 1. The monoisotopic (exact) mass is 500 g/mol. The summed E-state index contributed by atoms with van der Waals surface area (Å²) in [5, 5.41) is 6.01. The zero-order valence-corrected chi connectivity index (χ0v) is 23.0. The van der Waals surface area contributed by atoms with Gasteiger partial charge in [-0.25, -0.2) is 4.79 Å². The lowest BCUT2D eigenvalue weighted by molar-refractivity contribution is 0.141. The SMILES string of the molecule is CN(C)CC(C)(C)COc1ccc(NC(=O)Nc2ccccc2N2CCC(C)(C)c3ccccc32)cc1. The molecule has 0 bridgehead atoms. The minimum atomic E-state index is -0.279. The summed E-state index contributed by atoms with van der Waals surface area (Å²) in [6.07, 6.45) is 1.03. The van der Waals surface area contributed by atoms with E-state index in [4.69, 9.17) is 4.74 Å². The number of amides is 2. The molecule has 2 amide bonds. The molecule has 6 nitrogen and oxygen atoms in total. The first-order chi connectivity index (χ1) is 17.5. The summed E-state index contributed by atoms with van der Waals surface area (Å²) in [5.41, 5.74) is 5.15. The lowest BCUT2D eigenvalue weighted by atomic mass is 9.77. The predicted octanol–water partition coefficient (Wildman–Crippen LogP) is 7.12. The van der Waals surface area contributed by atoms with Crippen LogP contribution in [0, 0.1) is 5.41 Å². The van der Waals surface area contributed by atoms with Crippen LogP contribution in [0.15, 0.2) is 72.8 Å². The number of para-hydroxylation sites is 3. The van der Waals surface area contributed by atoms with Crippen molar-refractivity contribution in [3.63, 3.8) is 0 Å². The van der Waals surface area contributed by atoms with Crippen molar-refractivity contribution in [1.82, 2.24) is 4.90 Å². The highest BCUT2D eigenvalue weighted by Gasteiger charge is 2.32. The van der Waals surface area contributed by atoms with E-state index in [1.54, 1.807) is 0 Å². The van der Waals surface area contributed by atoms with Gasteiger partial charge in [-0.1, -0.05) is 58.0 Å². The molecule has 37 heavy (non-hydrogen) atoms. The number of nitrogens with zero attached hydrogens (tertiary/aromatic N) is 2. The van der Waals surface area contributed by atoms with Gasteiger partial charge < -0.3 is 25.2 Å². The van der Waals surface area contributed by atoms with Crippen molar-refractivity contribution in [3.8, 4) is 5.75 Å². The first kappa shape index (κ1) is 26.6. The maximum atomic E-state index is 12.9. The Labute approximate surface area is 221 Å². The van der Waals surface area contributed by atoms with E-state index in [0.717, 1.165) is 36.6 Å². The third-order valence-corrected chi connectivity index (χ3v) is 6.81. The van der Waals surface area contributed by atoms with Gasteiger partial charge in [-0.05, 0) is 74.0 Å². The molecule has 4 rings (SSSR count). The standard InChI is InChI=1S/C31H40N4O2/c1-30(2,21-34(5)6)22-37-24-17-15-23(16-18-24)32-29(36)33-26-12-8-10-14-28(26)35-20-19-31(3,4)25-11-7-9-13-27(25)35/h7-18H,19-22H2,1-6H3,(H2,32,33,36). The molecule has 0 atom stereocenters. The Morgan fingerprint density at radius 3 is 2.30 bits per heavy atom. The molecule has 0 spiro atoms. The number of urea groups is 1. The van der Waals surface area contributed by atoms with Gasteiger partial charge in [0.25, 0.3) is 0 Å². The molecule has 0 fully saturated rings. The van der Waals surface area contributed by atoms with E-state index in [2.05, 4.69) is 92.6 Å². The number of carbonyl (C=O) groups excluding carboxylic acids is 1. The summed E-state index contributed by atoms with van der Waals surface area (Å²) in [5.74, 6) is 0.787. The van der Waals surface area contributed by atoms with Crippen molar-refractivity contribution in [2.75, 3.05) is 49.3 Å². The van der Waals surface area contributed by atoms with Crippen LogP contribution in [-0.4, -0.2) is 44.7 Å². The van der Waals surface area contributed by atoms with Crippen LogP contribution in [0.1, 0.15) is 39.7 Å². The van der Waals surface area contributed by atoms with Crippen LogP contribution in [-0.2, 0) is 5.41 Å². The molecule has 0 aromatic heterocycles. The summed E-state index contributed by atoms with van der Waals surface area (Å²) >= 11 is 0. The highest BCUT2D eigenvalue weighted by molar-refractivity contribution is 6.02. The lowest BCUT2D eigenvalue weighted by Crippen LogP contribution is -2.35. The Bertz CT molecular complexity index is 1220. The minimum Gasteiger partial charge on any atom is -0.493 e. The molecule has 6 heteroatoms. The van der Waals surface area contributed by atoms with Crippen molar-refractivity contribution in [1.29, 1.82) is 0 Å². The zero-order chi connectivity index (χ0) is 26.6. The zero-order valence-electron chi connectivity index (χ0n) is 23.0. The summed E-state index contributed by atoms with van der Waals surface area (Å²) in [7, 11) is 4.13. The molecule has 0 aliphatic carbocycles. The highest BCUT2D eigenvalue weighted by Crippen LogP contribution is 2.44. The molecule has 0 saturated heterocycles. The Hall–Kier alpha value is -3.51. The van der Waals surface area contributed by atoms with Gasteiger partial charge in [0.2, 0.25) is 0 Å². The van der Waals surface area contributed by atoms with Crippen molar-refractivity contribution in [2.24, 2.45) is 5.41 Å². The van der Waals surface area contributed by atoms with Crippen LogP contribution in [0.4, 0.5) is 27.5 Å². The first-order valence-corrected chi connectivity index (χ1v) is 13.0. The number of rotatable bonds is 8. The van der Waals surface area contributed by atoms with Gasteiger partial charge in [-0.2, -0.15) is 0 Å². The van der Waals surface area contributed by atoms with E-state index in [0.29, 0.717) is 12.3 Å². The normalized spacial score (nSPS) is 14.7. The number of hydrogen-bond donors (Lipinski definition) is 2. The van der Waals surface area contributed by atoms with Crippen LogP contribution in [0.5, 0.6) is 5.75 Å². The lowest BCUT2D eigenvalue weighted by Gasteiger charge is -2.40. The predicted molar refractivity (Wildman–Crippen MR) is 154 cm³/mol. The molecular weight excluding hydrogens is 460 g/mol. The molecule has 0 radical (unpaired) electrons. The maximum absolute atomic E-state index is 12.9. The second kappa shape index (κ2) is 10.9. The van der Waals surface area contributed by atoms with Gasteiger partial charge >= 0.3 is 6.03 Å². The van der Waals surface area contributed by atoms with Gasteiger partial charge in [0.15, 0.2) is 0 Å². The summed E-state index contributed by atoms with van der Waals surface area (Å²) < 4.78 is 5.99. The molecule has 0 unspecified atom stereocenters. The highest BCUT2D eigenvalue weighted by atomic mass is 16.5. The molecule has 1 aliphatic heterocycles. The average Bonchev–Trinajstić information content (AvgIpc) is 2.84. The summed E-state index contributed by atoms with van der Waals surface area (Å²) in [4.78, 5) is 17.4. The van der Waals surface area contributed by atoms with E-state index in [-0.39, 0.29) is 16.9 Å². The number of ether oxygens (including phenoxy) is 1. The van der Waals surface area contributed by atoms with Gasteiger partial charge in [0.1, 0.15) is 5.75 Å². The molecule has 1 aliphatic rings. The first-order valence-electron chi connectivity index (χ1n) is 13.0.